The maximum atomic E-state index is 13.2. The summed E-state index contributed by atoms with van der Waals surface area (Å²) in [4.78, 5) is 28.0. The number of rotatable bonds is 7. The first-order chi connectivity index (χ1) is 14.8. The lowest BCUT2D eigenvalue weighted by molar-refractivity contribution is -0.125. The summed E-state index contributed by atoms with van der Waals surface area (Å²) >= 11 is 6.08. The molecular formula is C24H29ClN2O4. The van der Waals surface area contributed by atoms with E-state index in [1.54, 1.807) is 43.4 Å². The number of carbonyl (C=O) groups is 2. The molecule has 6 nitrogen and oxygen atoms in total. The van der Waals surface area contributed by atoms with Crippen molar-refractivity contribution in [2.45, 2.75) is 19.8 Å². The van der Waals surface area contributed by atoms with E-state index in [-0.39, 0.29) is 17.7 Å². The van der Waals surface area contributed by atoms with Crippen LogP contribution in [0.1, 0.15) is 35.7 Å². The van der Waals surface area contributed by atoms with Crippen molar-refractivity contribution in [1.82, 2.24) is 10.2 Å². The van der Waals surface area contributed by atoms with E-state index in [1.165, 1.54) is 0 Å². The van der Waals surface area contributed by atoms with Gasteiger partial charge in [-0.2, -0.15) is 0 Å². The van der Waals surface area contributed by atoms with Crippen molar-refractivity contribution in [2.24, 2.45) is 11.8 Å². The molecule has 1 N–H and O–H groups in total. The van der Waals surface area contributed by atoms with E-state index in [0.29, 0.717) is 47.6 Å². The third-order valence-electron chi connectivity index (χ3n) is 5.54. The molecule has 0 aromatic heterocycles. The van der Waals surface area contributed by atoms with Gasteiger partial charge < -0.3 is 19.7 Å². The van der Waals surface area contributed by atoms with Gasteiger partial charge in [-0.3, -0.25) is 9.59 Å². The number of likely N-dealkylation sites (tertiary alicyclic amines) is 1. The van der Waals surface area contributed by atoms with Gasteiger partial charge in [-0.25, -0.2) is 0 Å². The number of nitrogens with one attached hydrogen (secondary N) is 1. The van der Waals surface area contributed by atoms with Gasteiger partial charge in [0, 0.05) is 41.7 Å². The monoisotopic (exact) mass is 444 g/mol. The van der Waals surface area contributed by atoms with Crippen LogP contribution < -0.4 is 14.8 Å². The standard InChI is InChI=1S/C24H29ClN2O4/c1-15(2)12-26-23(28)21-14-27(24(29)16-6-5-7-17(25)10-16)13-20(21)19-11-18(30-3)8-9-22(19)31-4/h5-11,15,20-21H,12-14H2,1-4H3,(H,26,28)/t20-,21+/m1/s1. The number of hydrogen-bond acceptors (Lipinski definition) is 4. The van der Waals surface area contributed by atoms with Gasteiger partial charge in [0.1, 0.15) is 11.5 Å². The molecule has 31 heavy (non-hydrogen) atoms. The SMILES string of the molecule is COc1ccc(OC)c([C@H]2CN(C(=O)c3cccc(Cl)c3)C[C@@H]2C(=O)NCC(C)C)c1. The number of hydrogen-bond donors (Lipinski definition) is 1. The van der Waals surface area contributed by atoms with E-state index in [2.05, 4.69) is 5.32 Å². The summed E-state index contributed by atoms with van der Waals surface area (Å²) in [5.74, 6) is 0.849. The predicted molar refractivity (Wildman–Crippen MR) is 121 cm³/mol. The number of carbonyl (C=O) groups excluding carboxylic acids is 2. The highest BCUT2D eigenvalue weighted by Gasteiger charge is 2.42. The lowest BCUT2D eigenvalue weighted by Gasteiger charge is -2.21. The Morgan fingerprint density at radius 3 is 2.55 bits per heavy atom. The highest BCUT2D eigenvalue weighted by atomic mass is 35.5. The molecule has 2 aromatic rings. The number of amides is 2. The molecule has 0 unspecified atom stereocenters. The maximum Gasteiger partial charge on any atom is 0.253 e. The molecule has 1 fully saturated rings. The Balaban J connectivity index is 1.94. The Morgan fingerprint density at radius 2 is 1.90 bits per heavy atom. The zero-order chi connectivity index (χ0) is 22.5. The maximum absolute atomic E-state index is 13.2. The molecule has 1 aliphatic heterocycles. The van der Waals surface area contributed by atoms with Crippen LogP contribution in [0.25, 0.3) is 0 Å². The van der Waals surface area contributed by atoms with E-state index in [9.17, 15) is 9.59 Å². The van der Waals surface area contributed by atoms with Gasteiger partial charge >= 0.3 is 0 Å². The second kappa shape index (κ2) is 10.1. The van der Waals surface area contributed by atoms with Crippen LogP contribution in [0.3, 0.4) is 0 Å². The van der Waals surface area contributed by atoms with Crippen LogP contribution in [0, 0.1) is 11.8 Å². The Morgan fingerprint density at radius 1 is 1.13 bits per heavy atom. The van der Waals surface area contributed by atoms with Crippen LogP contribution in [-0.4, -0.2) is 50.6 Å². The molecule has 2 amide bonds. The van der Waals surface area contributed by atoms with E-state index in [1.807, 2.05) is 32.0 Å². The summed E-state index contributed by atoms with van der Waals surface area (Å²) in [5, 5.41) is 3.53. The number of nitrogens with zero attached hydrogens (tertiary/aromatic N) is 1. The summed E-state index contributed by atoms with van der Waals surface area (Å²) in [6.45, 7) is 5.40. The Labute approximate surface area is 188 Å². The van der Waals surface area contributed by atoms with E-state index in [4.69, 9.17) is 21.1 Å². The van der Waals surface area contributed by atoms with E-state index in [0.717, 1.165) is 5.56 Å². The first kappa shape index (κ1) is 22.9. The summed E-state index contributed by atoms with van der Waals surface area (Å²) < 4.78 is 11.0. The van der Waals surface area contributed by atoms with Crippen molar-refractivity contribution in [1.29, 1.82) is 0 Å². The number of benzene rings is 2. The van der Waals surface area contributed by atoms with Gasteiger partial charge in [0.2, 0.25) is 5.91 Å². The van der Waals surface area contributed by atoms with Gasteiger partial charge in [-0.05, 0) is 42.3 Å². The third kappa shape index (κ3) is 5.31. The molecule has 7 heteroatoms. The lowest BCUT2D eigenvalue weighted by atomic mass is 9.87. The second-order valence-electron chi connectivity index (χ2n) is 8.18. The van der Waals surface area contributed by atoms with Crippen molar-refractivity contribution < 1.29 is 19.1 Å². The molecule has 2 atom stereocenters. The zero-order valence-electron chi connectivity index (χ0n) is 18.4. The van der Waals surface area contributed by atoms with Crippen LogP contribution in [0.4, 0.5) is 0 Å². The fourth-order valence-corrected chi connectivity index (χ4v) is 4.11. The first-order valence-electron chi connectivity index (χ1n) is 10.4. The average molecular weight is 445 g/mol. The third-order valence-corrected chi connectivity index (χ3v) is 5.77. The normalized spacial score (nSPS) is 18.2. The molecular weight excluding hydrogens is 416 g/mol. The molecule has 0 radical (unpaired) electrons. The first-order valence-corrected chi connectivity index (χ1v) is 10.8. The van der Waals surface area contributed by atoms with Crippen LogP contribution in [0.2, 0.25) is 5.02 Å². The van der Waals surface area contributed by atoms with E-state index >= 15 is 0 Å². The molecule has 0 saturated carbocycles. The smallest absolute Gasteiger partial charge is 0.253 e. The van der Waals surface area contributed by atoms with Crippen LogP contribution in [0.15, 0.2) is 42.5 Å². The molecule has 166 valence electrons. The quantitative estimate of drug-likeness (QED) is 0.701. The molecule has 1 heterocycles. The number of halogens is 1. The molecule has 0 spiro atoms. The summed E-state index contributed by atoms with van der Waals surface area (Å²) in [7, 11) is 3.20. The van der Waals surface area contributed by atoms with Gasteiger partial charge in [0.15, 0.2) is 0 Å². The molecule has 1 saturated heterocycles. The molecule has 3 rings (SSSR count). The van der Waals surface area contributed by atoms with Crippen LogP contribution in [-0.2, 0) is 4.79 Å². The summed E-state index contributed by atoms with van der Waals surface area (Å²) in [5.41, 5.74) is 1.36. The average Bonchev–Trinajstić information content (AvgIpc) is 3.21. The molecule has 0 bridgehead atoms. The number of methoxy groups -OCH3 is 2. The van der Waals surface area contributed by atoms with E-state index < -0.39 is 5.92 Å². The largest absolute Gasteiger partial charge is 0.497 e. The fraction of sp³-hybridized carbons (Fsp3) is 0.417. The molecule has 0 aliphatic carbocycles. The van der Waals surface area contributed by atoms with Crippen molar-refractivity contribution in [3.05, 3.63) is 58.6 Å². The lowest BCUT2D eigenvalue weighted by Crippen LogP contribution is -2.37. The fourth-order valence-electron chi connectivity index (χ4n) is 3.92. The van der Waals surface area contributed by atoms with Crippen molar-refractivity contribution in [2.75, 3.05) is 33.9 Å². The number of ether oxygens (including phenoxy) is 2. The Kier molecular flexibility index (Phi) is 7.44. The van der Waals surface area contributed by atoms with Gasteiger partial charge in [-0.15, -0.1) is 0 Å². The van der Waals surface area contributed by atoms with Crippen molar-refractivity contribution in [3.8, 4) is 11.5 Å². The van der Waals surface area contributed by atoms with Crippen molar-refractivity contribution in [3.63, 3.8) is 0 Å². The Hall–Kier alpha value is -2.73. The summed E-state index contributed by atoms with van der Waals surface area (Å²) in [6, 6.07) is 12.4. The van der Waals surface area contributed by atoms with Crippen LogP contribution >= 0.6 is 11.6 Å². The van der Waals surface area contributed by atoms with Crippen molar-refractivity contribution >= 4 is 23.4 Å². The molecule has 1 aliphatic rings. The van der Waals surface area contributed by atoms with Gasteiger partial charge in [0.25, 0.3) is 5.91 Å². The summed E-state index contributed by atoms with van der Waals surface area (Å²) in [6.07, 6.45) is 0. The highest BCUT2D eigenvalue weighted by molar-refractivity contribution is 6.30. The minimum atomic E-state index is -0.400. The minimum absolute atomic E-state index is 0.0648. The minimum Gasteiger partial charge on any atom is -0.497 e. The van der Waals surface area contributed by atoms with Gasteiger partial charge in [-0.1, -0.05) is 31.5 Å². The predicted octanol–water partition coefficient (Wildman–Crippen LogP) is 3.99. The topological polar surface area (TPSA) is 67.9 Å². The van der Waals surface area contributed by atoms with Gasteiger partial charge in [0.05, 0.1) is 20.1 Å². The second-order valence-corrected chi connectivity index (χ2v) is 8.62. The Bertz CT molecular complexity index is 947. The van der Waals surface area contributed by atoms with Crippen LogP contribution in [0.5, 0.6) is 11.5 Å². The highest BCUT2D eigenvalue weighted by Crippen LogP contribution is 2.40. The zero-order valence-corrected chi connectivity index (χ0v) is 19.1. The molecule has 2 aromatic carbocycles.